The number of rotatable bonds is 1. The Bertz CT molecular complexity index is 662. The number of nitrogens with zero attached hydrogens (tertiary/aromatic N) is 2. The van der Waals surface area contributed by atoms with Crippen LogP contribution in [-0.4, -0.2) is 18.8 Å². The van der Waals surface area contributed by atoms with Gasteiger partial charge in [-0.15, -0.1) is 0 Å². The Hall–Kier alpha value is -1.96. The molecule has 0 aliphatic carbocycles. The lowest BCUT2D eigenvalue weighted by atomic mass is 10.00. The monoisotopic (exact) mass is 278 g/mol. The van der Waals surface area contributed by atoms with E-state index in [0.29, 0.717) is 12.2 Å². The van der Waals surface area contributed by atoms with Crippen LogP contribution < -0.4 is 9.80 Å². The molecule has 2 heteroatoms. The SMILES string of the molecule is Cc1ccccc1N1C2CCN(c3ccccc3C2)C1C. The summed E-state index contributed by atoms with van der Waals surface area (Å²) < 4.78 is 0. The van der Waals surface area contributed by atoms with Gasteiger partial charge in [0.15, 0.2) is 0 Å². The van der Waals surface area contributed by atoms with Crippen LogP contribution in [0.15, 0.2) is 48.5 Å². The van der Waals surface area contributed by atoms with Crippen molar-refractivity contribution >= 4 is 11.4 Å². The van der Waals surface area contributed by atoms with Gasteiger partial charge >= 0.3 is 0 Å². The van der Waals surface area contributed by atoms with Crippen LogP contribution in [0.2, 0.25) is 0 Å². The van der Waals surface area contributed by atoms with Crippen molar-refractivity contribution in [3.05, 3.63) is 59.7 Å². The molecule has 0 N–H and O–H groups in total. The van der Waals surface area contributed by atoms with E-state index in [4.69, 9.17) is 0 Å². The van der Waals surface area contributed by atoms with Gasteiger partial charge in [-0.05, 0) is 49.9 Å². The maximum Gasteiger partial charge on any atom is 0.0989 e. The van der Waals surface area contributed by atoms with E-state index in [1.165, 1.54) is 35.5 Å². The molecule has 108 valence electrons. The van der Waals surface area contributed by atoms with Crippen molar-refractivity contribution in [2.24, 2.45) is 0 Å². The van der Waals surface area contributed by atoms with E-state index in [2.05, 4.69) is 72.2 Å². The topological polar surface area (TPSA) is 6.48 Å². The van der Waals surface area contributed by atoms with E-state index < -0.39 is 0 Å². The van der Waals surface area contributed by atoms with Crippen molar-refractivity contribution in [2.45, 2.75) is 38.9 Å². The Morgan fingerprint density at radius 2 is 1.67 bits per heavy atom. The fourth-order valence-corrected chi connectivity index (χ4v) is 4.06. The van der Waals surface area contributed by atoms with Crippen molar-refractivity contribution in [2.75, 3.05) is 16.3 Å². The largest absolute Gasteiger partial charge is 0.351 e. The summed E-state index contributed by atoms with van der Waals surface area (Å²) in [5.41, 5.74) is 5.71. The van der Waals surface area contributed by atoms with Gasteiger partial charge in [-0.25, -0.2) is 0 Å². The minimum absolute atomic E-state index is 0.425. The van der Waals surface area contributed by atoms with Crippen molar-refractivity contribution in [1.29, 1.82) is 0 Å². The fourth-order valence-electron chi connectivity index (χ4n) is 4.06. The number of para-hydroxylation sites is 2. The van der Waals surface area contributed by atoms with Crippen LogP contribution >= 0.6 is 0 Å². The molecular formula is C19H22N2. The maximum atomic E-state index is 2.64. The molecule has 2 atom stereocenters. The van der Waals surface area contributed by atoms with Crippen LogP contribution in [0.5, 0.6) is 0 Å². The second-order valence-electron chi connectivity index (χ2n) is 6.29. The summed E-state index contributed by atoms with van der Waals surface area (Å²) in [5, 5.41) is 0. The molecule has 0 radical (unpaired) electrons. The quantitative estimate of drug-likeness (QED) is 0.778. The first-order chi connectivity index (χ1) is 10.3. The summed E-state index contributed by atoms with van der Waals surface area (Å²) in [6, 6.07) is 18.3. The summed E-state index contributed by atoms with van der Waals surface area (Å²) in [4.78, 5) is 5.21. The van der Waals surface area contributed by atoms with E-state index in [0.717, 1.165) is 6.42 Å². The average Bonchev–Trinajstić information content (AvgIpc) is 2.74. The lowest BCUT2D eigenvalue weighted by Crippen LogP contribution is -2.56. The third kappa shape index (κ3) is 1.93. The Morgan fingerprint density at radius 3 is 2.48 bits per heavy atom. The van der Waals surface area contributed by atoms with Gasteiger partial charge in [0.1, 0.15) is 0 Å². The minimum Gasteiger partial charge on any atom is -0.351 e. The lowest BCUT2D eigenvalue weighted by molar-refractivity contribution is 0.435. The highest BCUT2D eigenvalue weighted by Crippen LogP contribution is 2.39. The molecule has 1 fully saturated rings. The van der Waals surface area contributed by atoms with Crippen LogP contribution in [0.1, 0.15) is 24.5 Å². The van der Waals surface area contributed by atoms with Gasteiger partial charge in [0.2, 0.25) is 0 Å². The molecule has 0 amide bonds. The van der Waals surface area contributed by atoms with Crippen molar-refractivity contribution in [1.82, 2.24) is 0 Å². The van der Waals surface area contributed by atoms with Crippen LogP contribution in [0.4, 0.5) is 11.4 Å². The molecule has 1 saturated heterocycles. The first kappa shape index (κ1) is 12.8. The summed E-state index contributed by atoms with van der Waals surface area (Å²) in [6.45, 7) is 5.75. The van der Waals surface area contributed by atoms with Crippen molar-refractivity contribution in [3.63, 3.8) is 0 Å². The second kappa shape index (κ2) is 4.80. The molecule has 21 heavy (non-hydrogen) atoms. The molecule has 2 aromatic carbocycles. The standard InChI is InChI=1S/C19H22N2/c1-14-7-3-5-9-18(14)21-15(2)20-12-11-17(21)13-16-8-4-6-10-19(16)20/h3-10,15,17H,11-13H2,1-2H3. The average molecular weight is 278 g/mol. The molecule has 0 spiro atoms. The highest BCUT2D eigenvalue weighted by molar-refractivity contribution is 5.64. The Kier molecular flexibility index (Phi) is 2.91. The minimum atomic E-state index is 0.425. The molecule has 3 aliphatic rings. The third-order valence-electron chi connectivity index (χ3n) is 5.10. The molecule has 2 nitrogen and oxygen atoms in total. The van der Waals surface area contributed by atoms with Gasteiger partial charge in [-0.3, -0.25) is 0 Å². The molecule has 2 unspecified atom stereocenters. The van der Waals surface area contributed by atoms with E-state index in [9.17, 15) is 0 Å². The normalized spacial score (nSPS) is 23.9. The van der Waals surface area contributed by atoms with Gasteiger partial charge in [0, 0.05) is 24.0 Å². The van der Waals surface area contributed by atoms with E-state index in [-0.39, 0.29) is 0 Å². The zero-order valence-corrected chi connectivity index (χ0v) is 12.8. The zero-order chi connectivity index (χ0) is 14.4. The Labute approximate surface area is 127 Å². The van der Waals surface area contributed by atoms with E-state index in [1.54, 1.807) is 0 Å². The van der Waals surface area contributed by atoms with Gasteiger partial charge in [0.25, 0.3) is 0 Å². The highest BCUT2D eigenvalue weighted by atomic mass is 15.4. The predicted octanol–water partition coefficient (Wildman–Crippen LogP) is 3.98. The van der Waals surface area contributed by atoms with Gasteiger partial charge in [-0.1, -0.05) is 36.4 Å². The Morgan fingerprint density at radius 1 is 0.952 bits per heavy atom. The smallest absolute Gasteiger partial charge is 0.0989 e. The second-order valence-corrected chi connectivity index (χ2v) is 6.29. The summed E-state index contributed by atoms with van der Waals surface area (Å²) in [7, 11) is 0. The molecule has 3 heterocycles. The van der Waals surface area contributed by atoms with Crippen LogP contribution in [-0.2, 0) is 6.42 Å². The summed E-state index contributed by atoms with van der Waals surface area (Å²) in [6.07, 6.45) is 2.83. The van der Waals surface area contributed by atoms with Crippen molar-refractivity contribution < 1.29 is 0 Å². The number of fused-ring (bicyclic) bond motifs is 2. The number of aryl methyl sites for hydroxylation is 1. The summed E-state index contributed by atoms with van der Waals surface area (Å²) in [5.74, 6) is 0. The van der Waals surface area contributed by atoms with Crippen LogP contribution in [0.3, 0.4) is 0 Å². The number of hydrogen-bond acceptors (Lipinski definition) is 2. The first-order valence-corrected chi connectivity index (χ1v) is 7.94. The maximum absolute atomic E-state index is 2.64. The summed E-state index contributed by atoms with van der Waals surface area (Å²) >= 11 is 0. The third-order valence-corrected chi connectivity index (χ3v) is 5.10. The number of anilines is 2. The number of benzene rings is 2. The van der Waals surface area contributed by atoms with Gasteiger partial charge in [-0.2, -0.15) is 0 Å². The molecule has 3 aliphatic heterocycles. The fraction of sp³-hybridized carbons (Fsp3) is 0.368. The van der Waals surface area contributed by atoms with Gasteiger partial charge < -0.3 is 9.80 Å². The predicted molar refractivity (Wildman–Crippen MR) is 89.0 cm³/mol. The van der Waals surface area contributed by atoms with E-state index in [1.807, 2.05) is 0 Å². The first-order valence-electron chi connectivity index (χ1n) is 7.94. The van der Waals surface area contributed by atoms with Crippen LogP contribution in [0.25, 0.3) is 0 Å². The molecule has 2 aromatic rings. The van der Waals surface area contributed by atoms with Crippen LogP contribution in [0, 0.1) is 6.92 Å². The molecule has 5 rings (SSSR count). The van der Waals surface area contributed by atoms with Crippen molar-refractivity contribution in [3.8, 4) is 0 Å². The molecular weight excluding hydrogens is 256 g/mol. The van der Waals surface area contributed by atoms with E-state index >= 15 is 0 Å². The Balaban J connectivity index is 1.82. The molecule has 0 aromatic heterocycles. The number of hydrogen-bond donors (Lipinski definition) is 0. The zero-order valence-electron chi connectivity index (χ0n) is 12.8. The van der Waals surface area contributed by atoms with Gasteiger partial charge in [0.05, 0.1) is 6.17 Å². The molecule has 2 bridgehead atoms. The highest BCUT2D eigenvalue weighted by Gasteiger charge is 2.37. The lowest BCUT2D eigenvalue weighted by Gasteiger charge is -2.47. The molecule has 0 saturated carbocycles.